The third-order valence-corrected chi connectivity index (χ3v) is 4.92. The Morgan fingerprint density at radius 1 is 1.15 bits per heavy atom. The molecule has 1 N–H and O–H groups in total. The van der Waals surface area contributed by atoms with Crippen LogP contribution >= 0.6 is 24.0 Å². The fourth-order valence-corrected chi connectivity index (χ4v) is 2.98. The number of rotatable bonds is 9. The zero-order valence-corrected chi connectivity index (χ0v) is 16.7. The summed E-state index contributed by atoms with van der Waals surface area (Å²) >= 11 is 7.19. The van der Waals surface area contributed by atoms with Crippen molar-refractivity contribution in [3.05, 3.63) is 53.6 Å². The lowest BCUT2D eigenvalue weighted by Gasteiger charge is -2.12. The quantitative estimate of drug-likeness (QED) is 0.391. The molecule has 0 bridgehead atoms. The van der Waals surface area contributed by atoms with E-state index >= 15 is 0 Å². The first kappa shape index (κ1) is 20.2. The van der Waals surface area contributed by atoms with Crippen molar-refractivity contribution in [3.8, 4) is 23.8 Å². The summed E-state index contributed by atoms with van der Waals surface area (Å²) in [4.78, 5) is 2.12. The molecule has 0 fully saturated rings. The number of thiocarbonyl (C=S) groups is 1. The van der Waals surface area contributed by atoms with Gasteiger partial charge in [-0.25, -0.2) is 0 Å². The molecule has 0 aromatic heterocycles. The van der Waals surface area contributed by atoms with Crippen molar-refractivity contribution in [2.45, 2.75) is 24.3 Å². The van der Waals surface area contributed by atoms with E-state index in [2.05, 4.69) is 41.8 Å². The average molecular weight is 386 g/mol. The second-order valence-electron chi connectivity index (χ2n) is 5.60. The summed E-state index contributed by atoms with van der Waals surface area (Å²) in [5.74, 6) is 3.79. The minimum absolute atomic E-state index is 0.224. The first-order valence-electron chi connectivity index (χ1n) is 8.29. The van der Waals surface area contributed by atoms with Crippen LogP contribution in [0.3, 0.4) is 0 Å². The third-order valence-electron chi connectivity index (χ3n) is 3.83. The van der Waals surface area contributed by atoms with E-state index in [1.54, 1.807) is 18.9 Å². The standard InChI is InChI=1S/C21H23NO2S2/c1-4-13-24-19-11-7-16(14-20(19)23-2)8-12-21(25)22-15-17-5-9-18(26-3)10-6-17/h1,5-7,9-11,14H,8,12-13,15H2,2-3H3,(H,22,25). The lowest BCUT2D eigenvalue weighted by molar-refractivity contribution is 0.330. The molecular formula is C21H23NO2S2. The highest BCUT2D eigenvalue weighted by Gasteiger charge is 2.06. The van der Waals surface area contributed by atoms with Gasteiger partial charge in [-0.2, -0.15) is 0 Å². The zero-order valence-electron chi connectivity index (χ0n) is 15.1. The zero-order chi connectivity index (χ0) is 18.8. The first-order chi connectivity index (χ1) is 12.7. The van der Waals surface area contributed by atoms with E-state index < -0.39 is 0 Å². The summed E-state index contributed by atoms with van der Waals surface area (Å²) in [6, 6.07) is 14.4. The van der Waals surface area contributed by atoms with E-state index in [-0.39, 0.29) is 6.61 Å². The number of benzene rings is 2. The monoisotopic (exact) mass is 385 g/mol. The molecule has 0 aliphatic heterocycles. The molecule has 2 aromatic carbocycles. The van der Waals surface area contributed by atoms with Gasteiger partial charge < -0.3 is 14.8 Å². The van der Waals surface area contributed by atoms with Crippen LogP contribution in [-0.4, -0.2) is 25.0 Å². The SMILES string of the molecule is C#CCOc1ccc(CCC(=S)NCc2ccc(SC)cc2)cc1OC. The molecular weight excluding hydrogens is 362 g/mol. The summed E-state index contributed by atoms with van der Waals surface area (Å²) in [7, 11) is 1.62. The molecule has 2 aromatic rings. The van der Waals surface area contributed by atoms with Crippen LogP contribution in [0, 0.1) is 12.3 Å². The number of hydrogen-bond donors (Lipinski definition) is 1. The van der Waals surface area contributed by atoms with Crippen LogP contribution in [-0.2, 0) is 13.0 Å². The molecule has 0 aliphatic carbocycles. The Labute approximate surface area is 165 Å². The van der Waals surface area contributed by atoms with E-state index in [4.69, 9.17) is 28.1 Å². The van der Waals surface area contributed by atoms with Gasteiger partial charge in [-0.3, -0.25) is 0 Å². The van der Waals surface area contributed by atoms with Crippen molar-refractivity contribution >= 4 is 29.0 Å². The topological polar surface area (TPSA) is 30.5 Å². The molecule has 0 atom stereocenters. The maximum Gasteiger partial charge on any atom is 0.162 e. The van der Waals surface area contributed by atoms with Crippen molar-refractivity contribution in [1.82, 2.24) is 5.32 Å². The summed E-state index contributed by atoms with van der Waals surface area (Å²) < 4.78 is 10.8. The number of hydrogen-bond acceptors (Lipinski definition) is 4. The molecule has 2 rings (SSSR count). The predicted octanol–water partition coefficient (Wildman–Crippen LogP) is 4.48. The van der Waals surface area contributed by atoms with Crippen LogP contribution in [0.4, 0.5) is 0 Å². The molecule has 0 radical (unpaired) electrons. The number of terminal acetylenes is 1. The molecule has 0 spiro atoms. The number of ether oxygens (including phenoxy) is 2. The van der Waals surface area contributed by atoms with Gasteiger partial charge in [0.25, 0.3) is 0 Å². The van der Waals surface area contributed by atoms with E-state index in [0.29, 0.717) is 11.5 Å². The molecule has 0 saturated heterocycles. The molecule has 0 unspecified atom stereocenters. The maximum absolute atomic E-state index is 5.46. The molecule has 0 amide bonds. The van der Waals surface area contributed by atoms with Crippen LogP contribution in [0.25, 0.3) is 0 Å². The van der Waals surface area contributed by atoms with Gasteiger partial charge in [0.05, 0.1) is 12.1 Å². The number of methoxy groups -OCH3 is 1. The Morgan fingerprint density at radius 2 is 1.88 bits per heavy atom. The minimum Gasteiger partial charge on any atom is -0.493 e. The number of nitrogens with one attached hydrogen (secondary N) is 1. The molecule has 136 valence electrons. The fourth-order valence-electron chi connectivity index (χ4n) is 2.40. The minimum atomic E-state index is 0.224. The molecule has 3 nitrogen and oxygen atoms in total. The first-order valence-corrected chi connectivity index (χ1v) is 9.92. The fraction of sp³-hybridized carbons (Fsp3) is 0.286. The van der Waals surface area contributed by atoms with Gasteiger partial charge in [0.2, 0.25) is 0 Å². The smallest absolute Gasteiger partial charge is 0.162 e. The molecule has 5 heteroatoms. The van der Waals surface area contributed by atoms with E-state index in [0.717, 1.165) is 29.9 Å². The second-order valence-corrected chi connectivity index (χ2v) is 6.98. The van der Waals surface area contributed by atoms with Gasteiger partial charge in [0.15, 0.2) is 11.5 Å². The van der Waals surface area contributed by atoms with Crippen LogP contribution in [0.2, 0.25) is 0 Å². The Balaban J connectivity index is 1.83. The average Bonchev–Trinajstić information content (AvgIpc) is 2.69. The largest absolute Gasteiger partial charge is 0.493 e. The Morgan fingerprint density at radius 3 is 2.54 bits per heavy atom. The van der Waals surface area contributed by atoms with Crippen molar-refractivity contribution in [1.29, 1.82) is 0 Å². The summed E-state index contributed by atoms with van der Waals surface area (Å²) in [6.07, 6.45) is 8.92. The van der Waals surface area contributed by atoms with E-state index in [9.17, 15) is 0 Å². The predicted molar refractivity (Wildman–Crippen MR) is 113 cm³/mol. The van der Waals surface area contributed by atoms with Gasteiger partial charge in [0, 0.05) is 17.9 Å². The van der Waals surface area contributed by atoms with Gasteiger partial charge in [-0.15, -0.1) is 18.2 Å². The Hall–Kier alpha value is -2.16. The van der Waals surface area contributed by atoms with E-state index in [1.807, 2.05) is 18.2 Å². The van der Waals surface area contributed by atoms with Gasteiger partial charge in [-0.05, 0) is 48.1 Å². The third kappa shape index (κ3) is 6.29. The van der Waals surface area contributed by atoms with E-state index in [1.165, 1.54) is 10.5 Å². The van der Waals surface area contributed by atoms with Crippen molar-refractivity contribution in [2.24, 2.45) is 0 Å². The molecule has 0 saturated carbocycles. The summed E-state index contributed by atoms with van der Waals surface area (Å²) in [5.41, 5.74) is 2.37. The van der Waals surface area contributed by atoms with Crippen molar-refractivity contribution in [3.63, 3.8) is 0 Å². The highest BCUT2D eigenvalue weighted by Crippen LogP contribution is 2.28. The van der Waals surface area contributed by atoms with Crippen LogP contribution in [0.15, 0.2) is 47.4 Å². The maximum atomic E-state index is 5.46. The van der Waals surface area contributed by atoms with Gasteiger partial charge in [-0.1, -0.05) is 36.3 Å². The van der Waals surface area contributed by atoms with Crippen LogP contribution in [0.5, 0.6) is 11.5 Å². The Bertz CT molecular complexity index is 767. The van der Waals surface area contributed by atoms with Gasteiger partial charge >= 0.3 is 0 Å². The van der Waals surface area contributed by atoms with Gasteiger partial charge in [0.1, 0.15) is 6.61 Å². The molecule has 0 heterocycles. The molecule has 0 aliphatic rings. The highest BCUT2D eigenvalue weighted by atomic mass is 32.2. The molecule has 26 heavy (non-hydrogen) atoms. The van der Waals surface area contributed by atoms with Crippen LogP contribution < -0.4 is 14.8 Å². The Kier molecular flexibility index (Phi) is 8.33. The van der Waals surface area contributed by atoms with Crippen molar-refractivity contribution in [2.75, 3.05) is 20.0 Å². The normalized spacial score (nSPS) is 10.0. The lowest BCUT2D eigenvalue weighted by Crippen LogP contribution is -2.21. The number of thioether (sulfide) groups is 1. The second kappa shape index (κ2) is 10.7. The highest BCUT2D eigenvalue weighted by molar-refractivity contribution is 7.98. The lowest BCUT2D eigenvalue weighted by atomic mass is 10.1. The van der Waals surface area contributed by atoms with Crippen LogP contribution in [0.1, 0.15) is 17.5 Å². The summed E-state index contributed by atoms with van der Waals surface area (Å²) in [6.45, 7) is 0.970. The summed E-state index contributed by atoms with van der Waals surface area (Å²) in [5, 5.41) is 3.32. The number of aryl methyl sites for hydroxylation is 1. The van der Waals surface area contributed by atoms with Crippen molar-refractivity contribution < 1.29 is 9.47 Å².